The van der Waals surface area contributed by atoms with E-state index in [9.17, 15) is 24.9 Å². The molecule has 0 radical (unpaired) electrons. The normalized spacial score (nSPS) is 51.9. The summed E-state index contributed by atoms with van der Waals surface area (Å²) in [6.45, 7) is 12.3. The van der Waals surface area contributed by atoms with Gasteiger partial charge >= 0.3 is 11.9 Å². The van der Waals surface area contributed by atoms with Crippen LogP contribution in [0.25, 0.3) is 0 Å². The van der Waals surface area contributed by atoms with E-state index < -0.39 is 56.8 Å². The molecule has 4 fully saturated rings. The minimum Gasteiger partial charge on any atom is -0.468 e. The van der Waals surface area contributed by atoms with Gasteiger partial charge in [0.05, 0.1) is 24.9 Å². The smallest absolute Gasteiger partial charge is 0.330 e. The Morgan fingerprint density at radius 1 is 1.19 bits per heavy atom. The molecule has 0 bridgehead atoms. The minimum atomic E-state index is -1.35. The lowest BCUT2D eigenvalue weighted by molar-refractivity contribution is -0.321. The monoisotopic (exact) mass is 516 g/mol. The van der Waals surface area contributed by atoms with E-state index in [1.165, 1.54) is 13.2 Å². The average molecular weight is 517 g/mol. The molecule has 0 aromatic rings. The third kappa shape index (κ3) is 3.05. The first-order chi connectivity index (χ1) is 17.2. The summed E-state index contributed by atoms with van der Waals surface area (Å²) >= 11 is 0. The largest absolute Gasteiger partial charge is 0.468 e. The van der Waals surface area contributed by atoms with Gasteiger partial charge in [0.1, 0.15) is 12.0 Å². The van der Waals surface area contributed by atoms with E-state index in [4.69, 9.17) is 9.47 Å². The zero-order valence-corrected chi connectivity index (χ0v) is 23.0. The summed E-state index contributed by atoms with van der Waals surface area (Å²) in [6.07, 6.45) is 6.14. The quantitative estimate of drug-likeness (QED) is 0.379. The van der Waals surface area contributed by atoms with E-state index in [0.29, 0.717) is 25.7 Å². The third-order valence-corrected chi connectivity index (χ3v) is 12.4. The predicted molar refractivity (Wildman–Crippen MR) is 137 cm³/mol. The van der Waals surface area contributed by atoms with Crippen LogP contribution in [0.3, 0.4) is 0 Å². The molecule has 10 atom stereocenters. The second-order valence-corrected chi connectivity index (χ2v) is 13.8. The van der Waals surface area contributed by atoms with E-state index in [2.05, 4.69) is 27.4 Å². The molecule has 206 valence electrons. The molecule has 0 saturated heterocycles. The van der Waals surface area contributed by atoms with Crippen molar-refractivity contribution >= 4 is 11.9 Å². The first-order valence-electron chi connectivity index (χ1n) is 13.9. The standard InChI is InChI=1S/C30H44O7/c1-18-9-10-25(3)11-13-27(5)23-20(32)16-28(19(2)31)17-37-22(33)8-7-21(28)26(23,4)12-14-29(27,24(34)36-6)30(25,35)15-18/h7-8,19-21,23,31-32,35H,1,9-17H2,2-6H3/t19-,20-,21+,23+,25-,26+,27-,28+,29-,30+/m1/s1. The van der Waals surface area contributed by atoms with Crippen LogP contribution in [-0.2, 0) is 19.1 Å². The molecule has 0 aromatic carbocycles. The Labute approximate surface area is 220 Å². The lowest BCUT2D eigenvalue weighted by Crippen LogP contribution is -2.78. The van der Waals surface area contributed by atoms with Crippen molar-refractivity contribution in [1.82, 2.24) is 0 Å². The molecule has 0 aromatic heterocycles. The number of carbonyl (C=O) groups excluding carboxylic acids is 2. The number of ether oxygens (including phenoxy) is 2. The first kappa shape index (κ1) is 26.9. The number of rotatable bonds is 2. The average Bonchev–Trinajstić information content (AvgIpc) is 3.00. The molecule has 0 amide bonds. The van der Waals surface area contributed by atoms with Crippen molar-refractivity contribution < 1.29 is 34.4 Å². The number of carbonyl (C=O) groups is 2. The van der Waals surface area contributed by atoms with E-state index in [-0.39, 0.29) is 24.9 Å². The molecular formula is C30H44O7. The first-order valence-corrected chi connectivity index (χ1v) is 13.9. The fourth-order valence-electron chi connectivity index (χ4n) is 10.5. The van der Waals surface area contributed by atoms with Crippen LogP contribution in [0.2, 0.25) is 0 Å². The van der Waals surface area contributed by atoms with E-state index in [1.807, 2.05) is 6.08 Å². The lowest BCUT2D eigenvalue weighted by atomic mass is 9.29. The van der Waals surface area contributed by atoms with Crippen molar-refractivity contribution in [2.24, 2.45) is 38.9 Å². The molecule has 3 N–H and O–H groups in total. The van der Waals surface area contributed by atoms with Gasteiger partial charge in [-0.05, 0) is 86.4 Å². The van der Waals surface area contributed by atoms with Crippen LogP contribution in [0.5, 0.6) is 0 Å². The highest BCUT2D eigenvalue weighted by atomic mass is 16.5. The van der Waals surface area contributed by atoms with Gasteiger partial charge in [0.15, 0.2) is 0 Å². The number of cyclic esters (lactones) is 1. The topological polar surface area (TPSA) is 113 Å². The molecule has 1 heterocycles. The fourth-order valence-corrected chi connectivity index (χ4v) is 10.5. The lowest BCUT2D eigenvalue weighted by Gasteiger charge is -2.75. The van der Waals surface area contributed by atoms with Crippen LogP contribution in [0, 0.1) is 38.9 Å². The number of hydrogen-bond donors (Lipinski definition) is 3. The molecule has 0 unspecified atom stereocenters. The summed E-state index contributed by atoms with van der Waals surface area (Å²) in [5.74, 6) is -1.48. The van der Waals surface area contributed by atoms with Crippen LogP contribution in [0.4, 0.5) is 0 Å². The van der Waals surface area contributed by atoms with Crippen molar-refractivity contribution in [1.29, 1.82) is 0 Å². The highest BCUT2D eigenvalue weighted by molar-refractivity contribution is 5.82. The van der Waals surface area contributed by atoms with Crippen LogP contribution >= 0.6 is 0 Å². The Hall–Kier alpha value is -1.70. The Kier molecular flexibility index (Phi) is 5.93. The summed E-state index contributed by atoms with van der Waals surface area (Å²) < 4.78 is 11.0. The molecule has 5 rings (SSSR count). The molecule has 7 nitrogen and oxygen atoms in total. The molecule has 4 aliphatic carbocycles. The van der Waals surface area contributed by atoms with Crippen LogP contribution in [0.1, 0.15) is 79.1 Å². The SMILES string of the molecule is C=C1CC[C@]2(C)CC[C@]3(C)[C@H]4[C@H](O)C[C@@]5([C@@H](C)O)COC(=O)C=C[C@H]5[C@]4(C)CC[C@]3(C(=O)OC)[C@]2(O)C1. The number of methoxy groups -OCH3 is 1. The summed E-state index contributed by atoms with van der Waals surface area (Å²) in [5, 5.41) is 35.9. The van der Waals surface area contributed by atoms with E-state index in [0.717, 1.165) is 24.8 Å². The van der Waals surface area contributed by atoms with E-state index in [1.54, 1.807) is 6.92 Å². The maximum Gasteiger partial charge on any atom is 0.330 e. The molecule has 5 aliphatic rings. The fraction of sp³-hybridized carbons (Fsp3) is 0.800. The second kappa shape index (κ2) is 8.15. The Bertz CT molecular complexity index is 1050. The molecule has 0 spiro atoms. The van der Waals surface area contributed by atoms with Gasteiger partial charge in [0.25, 0.3) is 0 Å². The van der Waals surface area contributed by atoms with Crippen LogP contribution in [0.15, 0.2) is 24.3 Å². The molecular weight excluding hydrogens is 472 g/mol. The Balaban J connectivity index is 1.73. The number of aliphatic hydroxyl groups excluding tert-OH is 2. The van der Waals surface area contributed by atoms with Crippen molar-refractivity contribution in [2.75, 3.05) is 13.7 Å². The number of allylic oxidation sites excluding steroid dienone is 1. The Morgan fingerprint density at radius 2 is 1.89 bits per heavy atom. The molecule has 7 heteroatoms. The maximum absolute atomic E-state index is 14.1. The van der Waals surface area contributed by atoms with Gasteiger partial charge in [-0.1, -0.05) is 39.0 Å². The molecule has 1 aliphatic heterocycles. The summed E-state index contributed by atoms with van der Waals surface area (Å²) in [7, 11) is 1.39. The number of hydrogen-bond acceptors (Lipinski definition) is 7. The van der Waals surface area contributed by atoms with Crippen LogP contribution < -0.4 is 0 Å². The van der Waals surface area contributed by atoms with Gasteiger partial charge in [0, 0.05) is 11.5 Å². The Morgan fingerprint density at radius 3 is 2.54 bits per heavy atom. The van der Waals surface area contributed by atoms with Gasteiger partial charge in [-0.2, -0.15) is 0 Å². The summed E-state index contributed by atoms with van der Waals surface area (Å²) in [5.41, 5.74) is -4.28. The summed E-state index contributed by atoms with van der Waals surface area (Å²) in [4.78, 5) is 26.4. The number of fused-ring (bicyclic) bond motifs is 7. The molecule has 37 heavy (non-hydrogen) atoms. The predicted octanol–water partition coefficient (Wildman–Crippen LogP) is 3.70. The van der Waals surface area contributed by atoms with Crippen molar-refractivity contribution in [3.63, 3.8) is 0 Å². The van der Waals surface area contributed by atoms with Gasteiger partial charge < -0.3 is 24.8 Å². The third-order valence-electron chi connectivity index (χ3n) is 12.4. The maximum atomic E-state index is 14.1. The number of aliphatic hydroxyl groups is 3. The second-order valence-electron chi connectivity index (χ2n) is 13.8. The number of esters is 2. The van der Waals surface area contributed by atoms with Crippen LogP contribution in [-0.4, -0.2) is 58.8 Å². The molecule has 4 saturated carbocycles. The van der Waals surface area contributed by atoms with Gasteiger partial charge in [0.2, 0.25) is 0 Å². The van der Waals surface area contributed by atoms with Gasteiger partial charge in [-0.25, -0.2) is 4.79 Å². The zero-order valence-electron chi connectivity index (χ0n) is 23.0. The van der Waals surface area contributed by atoms with Crippen molar-refractivity contribution in [2.45, 2.75) is 96.9 Å². The zero-order chi connectivity index (χ0) is 27.2. The summed E-state index contributed by atoms with van der Waals surface area (Å²) in [6, 6.07) is 0. The highest BCUT2D eigenvalue weighted by Gasteiger charge is 2.80. The highest BCUT2D eigenvalue weighted by Crippen LogP contribution is 2.78. The van der Waals surface area contributed by atoms with Gasteiger partial charge in [-0.3, -0.25) is 4.79 Å². The van der Waals surface area contributed by atoms with Crippen molar-refractivity contribution in [3.05, 3.63) is 24.3 Å². The van der Waals surface area contributed by atoms with Crippen molar-refractivity contribution in [3.8, 4) is 0 Å². The van der Waals surface area contributed by atoms with E-state index >= 15 is 0 Å². The van der Waals surface area contributed by atoms with Gasteiger partial charge in [-0.15, -0.1) is 0 Å². The minimum absolute atomic E-state index is 0.0290.